The maximum absolute atomic E-state index is 11.3. The Morgan fingerprint density at radius 3 is 2.11 bits per heavy atom. The summed E-state index contributed by atoms with van der Waals surface area (Å²) in [6, 6.07) is 4.96. The van der Waals surface area contributed by atoms with E-state index in [4.69, 9.17) is 0 Å². The topological polar surface area (TPSA) is 101 Å². The average Bonchev–Trinajstić information content (AvgIpc) is 2.56. The number of urea groups is 1. The molecule has 1 aromatic carbocycles. The van der Waals surface area contributed by atoms with E-state index >= 15 is 0 Å². The first kappa shape index (κ1) is 13.2. The van der Waals surface area contributed by atoms with Crippen LogP contribution in [-0.2, 0) is 26.0 Å². The lowest BCUT2D eigenvalue weighted by atomic mass is 10.2. The monoisotopic (exact) mass is 282 g/mol. The third-order valence-corrected chi connectivity index (χ3v) is 3.73. The molecule has 1 aromatic rings. The lowest BCUT2D eigenvalue weighted by Gasteiger charge is -2.11. The summed E-state index contributed by atoms with van der Waals surface area (Å²) in [5, 5.41) is 1.88. The fourth-order valence-electron chi connectivity index (χ4n) is 1.60. The zero-order valence-corrected chi connectivity index (χ0v) is 10.7. The van der Waals surface area contributed by atoms with Gasteiger partial charge in [0.15, 0.2) is 9.84 Å². The van der Waals surface area contributed by atoms with E-state index in [0.29, 0.717) is 5.56 Å². The molecule has 1 aliphatic rings. The molecule has 4 amide bonds. The van der Waals surface area contributed by atoms with Gasteiger partial charge < -0.3 is 0 Å². The standard InChI is InChI=1S/C11H10N2O5S/c1-19(17,18)8-4-2-7(3-5-8)6-13-10(15)9(14)12-11(13)16/h2-5H,6H2,1H3,(H,12,14,16). The molecule has 19 heavy (non-hydrogen) atoms. The van der Waals surface area contributed by atoms with Gasteiger partial charge in [-0.3, -0.25) is 19.8 Å². The van der Waals surface area contributed by atoms with Crippen LogP contribution in [0.25, 0.3) is 0 Å². The van der Waals surface area contributed by atoms with E-state index < -0.39 is 27.7 Å². The predicted octanol–water partition coefficient (Wildman–Crippen LogP) is -0.332. The minimum absolute atomic E-state index is 0.0829. The van der Waals surface area contributed by atoms with Crippen LogP contribution in [0.1, 0.15) is 5.56 Å². The van der Waals surface area contributed by atoms with Gasteiger partial charge in [-0.15, -0.1) is 0 Å². The van der Waals surface area contributed by atoms with Crippen molar-refractivity contribution < 1.29 is 22.8 Å². The van der Waals surface area contributed by atoms with Crippen molar-refractivity contribution in [2.45, 2.75) is 11.4 Å². The van der Waals surface area contributed by atoms with E-state index in [-0.39, 0.29) is 11.4 Å². The maximum Gasteiger partial charge on any atom is 0.331 e. The Bertz CT molecular complexity index is 663. The molecular formula is C11H10N2O5S. The Morgan fingerprint density at radius 1 is 1.11 bits per heavy atom. The summed E-state index contributed by atoms with van der Waals surface area (Å²) in [6.07, 6.45) is 1.08. The highest BCUT2D eigenvalue weighted by Crippen LogP contribution is 2.13. The fraction of sp³-hybridized carbons (Fsp3) is 0.182. The molecule has 1 aliphatic heterocycles. The van der Waals surface area contributed by atoms with Crippen molar-refractivity contribution in [3.8, 4) is 0 Å². The Kier molecular flexibility index (Phi) is 3.11. The molecule has 0 aliphatic carbocycles. The number of sulfone groups is 1. The van der Waals surface area contributed by atoms with E-state index in [1.165, 1.54) is 24.3 Å². The van der Waals surface area contributed by atoms with E-state index in [0.717, 1.165) is 11.2 Å². The quantitative estimate of drug-likeness (QED) is 0.604. The number of hydrogen-bond donors (Lipinski definition) is 1. The fourth-order valence-corrected chi connectivity index (χ4v) is 2.23. The Labute approximate surface area is 109 Å². The number of rotatable bonds is 3. The number of amides is 4. The van der Waals surface area contributed by atoms with Crippen molar-refractivity contribution in [1.29, 1.82) is 0 Å². The smallest absolute Gasteiger partial charge is 0.269 e. The molecule has 1 N–H and O–H groups in total. The Balaban J connectivity index is 2.19. The van der Waals surface area contributed by atoms with Gasteiger partial charge in [0.05, 0.1) is 11.4 Å². The van der Waals surface area contributed by atoms with Gasteiger partial charge in [0.2, 0.25) is 0 Å². The first-order chi connectivity index (χ1) is 8.79. The first-order valence-electron chi connectivity index (χ1n) is 5.25. The van der Waals surface area contributed by atoms with Gasteiger partial charge in [0.25, 0.3) is 0 Å². The van der Waals surface area contributed by atoms with Crippen molar-refractivity contribution in [3.05, 3.63) is 29.8 Å². The zero-order valence-electron chi connectivity index (χ0n) is 9.91. The van der Waals surface area contributed by atoms with Crippen LogP contribution in [0.5, 0.6) is 0 Å². The van der Waals surface area contributed by atoms with Crippen molar-refractivity contribution in [3.63, 3.8) is 0 Å². The molecule has 1 fully saturated rings. The maximum atomic E-state index is 11.3. The van der Waals surface area contributed by atoms with E-state index in [9.17, 15) is 22.8 Å². The van der Waals surface area contributed by atoms with Crippen molar-refractivity contribution in [1.82, 2.24) is 10.2 Å². The average molecular weight is 282 g/mol. The molecule has 8 heteroatoms. The van der Waals surface area contributed by atoms with Crippen molar-refractivity contribution >= 4 is 27.7 Å². The van der Waals surface area contributed by atoms with Gasteiger partial charge in [-0.25, -0.2) is 13.2 Å². The van der Waals surface area contributed by atoms with Crippen LogP contribution in [0.15, 0.2) is 29.2 Å². The summed E-state index contributed by atoms with van der Waals surface area (Å²) in [5.74, 6) is -1.88. The zero-order chi connectivity index (χ0) is 14.2. The number of benzene rings is 1. The van der Waals surface area contributed by atoms with Gasteiger partial charge in [-0.2, -0.15) is 0 Å². The summed E-state index contributed by atoms with van der Waals surface area (Å²) in [6.45, 7) is -0.0829. The summed E-state index contributed by atoms with van der Waals surface area (Å²) in [5.41, 5.74) is 0.547. The molecule has 1 heterocycles. The molecule has 0 spiro atoms. The molecule has 0 atom stereocenters. The highest BCUT2D eigenvalue weighted by Gasteiger charge is 2.36. The second kappa shape index (κ2) is 4.47. The molecular weight excluding hydrogens is 272 g/mol. The molecule has 2 rings (SSSR count). The highest BCUT2D eigenvalue weighted by atomic mass is 32.2. The highest BCUT2D eigenvalue weighted by molar-refractivity contribution is 7.90. The molecule has 7 nitrogen and oxygen atoms in total. The van der Waals surface area contributed by atoms with E-state index in [2.05, 4.69) is 0 Å². The number of hydrogen-bond acceptors (Lipinski definition) is 5. The number of imide groups is 2. The second-order valence-electron chi connectivity index (χ2n) is 4.07. The second-order valence-corrected chi connectivity index (χ2v) is 6.08. The molecule has 1 saturated heterocycles. The van der Waals surface area contributed by atoms with Gasteiger partial charge in [-0.05, 0) is 17.7 Å². The molecule has 0 saturated carbocycles. The van der Waals surface area contributed by atoms with Crippen molar-refractivity contribution in [2.24, 2.45) is 0 Å². The number of carbonyl (C=O) groups excluding carboxylic acids is 3. The van der Waals surface area contributed by atoms with Gasteiger partial charge >= 0.3 is 17.8 Å². The SMILES string of the molecule is CS(=O)(=O)c1ccc(CN2C(=O)NC(=O)C2=O)cc1. The lowest BCUT2D eigenvalue weighted by Crippen LogP contribution is -2.30. The van der Waals surface area contributed by atoms with Crippen LogP contribution in [-0.4, -0.2) is 37.4 Å². The Morgan fingerprint density at radius 2 is 1.68 bits per heavy atom. The summed E-state index contributed by atoms with van der Waals surface area (Å²) >= 11 is 0. The van der Waals surface area contributed by atoms with Crippen LogP contribution in [0, 0.1) is 0 Å². The molecule has 100 valence electrons. The van der Waals surface area contributed by atoms with Gasteiger partial charge in [0, 0.05) is 6.26 Å². The third-order valence-electron chi connectivity index (χ3n) is 2.60. The van der Waals surface area contributed by atoms with Crippen LogP contribution in [0.3, 0.4) is 0 Å². The predicted molar refractivity (Wildman–Crippen MR) is 63.6 cm³/mol. The summed E-state index contributed by atoms with van der Waals surface area (Å²) in [7, 11) is -3.29. The number of carbonyl (C=O) groups is 3. The van der Waals surface area contributed by atoms with E-state index in [1.807, 2.05) is 5.32 Å². The third kappa shape index (κ3) is 2.63. The van der Waals surface area contributed by atoms with E-state index in [1.54, 1.807) is 0 Å². The van der Waals surface area contributed by atoms with Crippen LogP contribution in [0.4, 0.5) is 4.79 Å². The lowest BCUT2D eigenvalue weighted by molar-refractivity contribution is -0.140. The normalized spacial score (nSPS) is 15.8. The van der Waals surface area contributed by atoms with Crippen LogP contribution >= 0.6 is 0 Å². The molecule has 0 bridgehead atoms. The van der Waals surface area contributed by atoms with Crippen molar-refractivity contribution in [2.75, 3.05) is 6.26 Å². The number of nitrogens with zero attached hydrogens (tertiary/aromatic N) is 1. The minimum Gasteiger partial charge on any atom is -0.269 e. The molecule has 0 radical (unpaired) electrons. The minimum atomic E-state index is -3.29. The molecule has 0 unspecified atom stereocenters. The summed E-state index contributed by atoms with van der Waals surface area (Å²) in [4.78, 5) is 34.5. The van der Waals surface area contributed by atoms with Gasteiger partial charge in [0.1, 0.15) is 0 Å². The largest absolute Gasteiger partial charge is 0.331 e. The first-order valence-corrected chi connectivity index (χ1v) is 7.14. The van der Waals surface area contributed by atoms with Crippen LogP contribution < -0.4 is 5.32 Å². The Hall–Kier alpha value is -2.22. The summed E-state index contributed by atoms with van der Waals surface area (Å²) < 4.78 is 22.5. The molecule has 0 aromatic heterocycles. The van der Waals surface area contributed by atoms with Gasteiger partial charge in [-0.1, -0.05) is 12.1 Å². The number of nitrogens with one attached hydrogen (secondary N) is 1. The van der Waals surface area contributed by atoms with Crippen LogP contribution in [0.2, 0.25) is 0 Å².